The minimum absolute atomic E-state index is 0.134. The average molecular weight is 394 g/mol. The van der Waals surface area contributed by atoms with Gasteiger partial charge in [0.25, 0.3) is 0 Å². The summed E-state index contributed by atoms with van der Waals surface area (Å²) in [5, 5.41) is 3.62. The van der Waals surface area contributed by atoms with E-state index in [2.05, 4.69) is 5.32 Å². The third-order valence-electron chi connectivity index (χ3n) is 5.98. The van der Waals surface area contributed by atoms with E-state index in [1.807, 2.05) is 23.7 Å². The fourth-order valence-corrected chi connectivity index (χ4v) is 4.36. The number of halogens is 1. The number of aryl methyl sites for hydroxylation is 1. The Labute approximate surface area is 170 Å². The summed E-state index contributed by atoms with van der Waals surface area (Å²) in [4.78, 5) is 13.2. The smallest absolute Gasteiger partial charge is 0.200 e. The van der Waals surface area contributed by atoms with Crippen LogP contribution >= 0.6 is 0 Å². The minimum Gasteiger partial charge on any atom is -0.497 e. The van der Waals surface area contributed by atoms with Crippen LogP contribution in [0.2, 0.25) is 0 Å². The molecule has 0 unspecified atom stereocenters. The van der Waals surface area contributed by atoms with Gasteiger partial charge in [0.2, 0.25) is 0 Å². The first-order chi connectivity index (χ1) is 14.1. The lowest BCUT2D eigenvalue weighted by Crippen LogP contribution is -2.19. The molecular formula is C24H27FN2O2. The fourth-order valence-electron chi connectivity index (χ4n) is 4.36. The number of hydrogen-bond acceptors (Lipinski definition) is 3. The van der Waals surface area contributed by atoms with Gasteiger partial charge in [-0.05, 0) is 48.6 Å². The topological polar surface area (TPSA) is 43.3 Å². The number of benzene rings is 2. The van der Waals surface area contributed by atoms with E-state index in [-0.39, 0.29) is 10.8 Å². The summed E-state index contributed by atoms with van der Waals surface area (Å²) >= 11 is 0. The van der Waals surface area contributed by atoms with Gasteiger partial charge in [0.15, 0.2) is 5.43 Å². The van der Waals surface area contributed by atoms with Crippen molar-refractivity contribution in [1.29, 1.82) is 0 Å². The van der Waals surface area contributed by atoms with Crippen LogP contribution in [0.5, 0.6) is 5.75 Å². The minimum atomic E-state index is -0.487. The molecule has 0 bridgehead atoms. The highest BCUT2D eigenvalue weighted by molar-refractivity contribution is 5.93. The number of nitrogens with zero attached hydrogens (tertiary/aromatic N) is 1. The van der Waals surface area contributed by atoms with Crippen molar-refractivity contribution in [3.8, 4) is 16.9 Å². The predicted molar refractivity (Wildman–Crippen MR) is 116 cm³/mol. The van der Waals surface area contributed by atoms with E-state index in [0.717, 1.165) is 17.8 Å². The van der Waals surface area contributed by atoms with E-state index in [0.29, 0.717) is 22.7 Å². The molecule has 2 aromatic carbocycles. The number of ether oxygens (including phenoxy) is 1. The Balaban J connectivity index is 1.75. The van der Waals surface area contributed by atoms with Crippen molar-refractivity contribution in [3.63, 3.8) is 0 Å². The summed E-state index contributed by atoms with van der Waals surface area (Å²) in [6.07, 6.45) is 8.12. The Hall–Kier alpha value is -2.82. The Morgan fingerprint density at radius 3 is 2.52 bits per heavy atom. The highest BCUT2D eigenvalue weighted by Gasteiger charge is 2.18. The molecule has 4 rings (SSSR count). The zero-order valence-electron chi connectivity index (χ0n) is 17.0. The van der Waals surface area contributed by atoms with Crippen LogP contribution in [0.25, 0.3) is 22.0 Å². The SMILES string of the molecule is COc1ccc(-c2cn(C)c3c(NCC4CCCCC4)ccc(F)c3c2=O)cc1. The lowest BCUT2D eigenvalue weighted by atomic mass is 9.89. The predicted octanol–water partition coefficient (Wildman–Crippen LogP) is 5.35. The second kappa shape index (κ2) is 8.27. The van der Waals surface area contributed by atoms with Crippen molar-refractivity contribution in [2.45, 2.75) is 32.1 Å². The summed E-state index contributed by atoms with van der Waals surface area (Å²) < 4.78 is 21.8. The lowest BCUT2D eigenvalue weighted by molar-refractivity contribution is 0.373. The average Bonchev–Trinajstić information content (AvgIpc) is 2.76. The maximum absolute atomic E-state index is 14.8. The first-order valence-corrected chi connectivity index (χ1v) is 10.3. The Morgan fingerprint density at radius 2 is 1.83 bits per heavy atom. The Kier molecular flexibility index (Phi) is 5.56. The van der Waals surface area contributed by atoms with Crippen molar-refractivity contribution in [2.24, 2.45) is 13.0 Å². The molecule has 1 aliphatic rings. The third-order valence-corrected chi connectivity index (χ3v) is 5.98. The van der Waals surface area contributed by atoms with Gasteiger partial charge in [-0.2, -0.15) is 0 Å². The molecule has 1 fully saturated rings. The van der Waals surface area contributed by atoms with Crippen molar-refractivity contribution >= 4 is 16.6 Å². The van der Waals surface area contributed by atoms with Crippen LogP contribution in [0.3, 0.4) is 0 Å². The van der Waals surface area contributed by atoms with Gasteiger partial charge < -0.3 is 14.6 Å². The van der Waals surface area contributed by atoms with Crippen LogP contribution in [-0.4, -0.2) is 18.2 Å². The van der Waals surface area contributed by atoms with Crippen LogP contribution in [0.4, 0.5) is 10.1 Å². The zero-order valence-corrected chi connectivity index (χ0v) is 17.0. The molecule has 0 saturated heterocycles. The summed E-state index contributed by atoms with van der Waals surface area (Å²) in [7, 11) is 3.46. The molecule has 1 saturated carbocycles. The molecular weight excluding hydrogens is 367 g/mol. The van der Waals surface area contributed by atoms with Crippen molar-refractivity contribution in [2.75, 3.05) is 19.0 Å². The van der Waals surface area contributed by atoms with Gasteiger partial charge in [0.1, 0.15) is 11.6 Å². The standard InChI is InChI=1S/C24H27FN2O2/c1-27-15-19(17-8-10-18(29-2)11-9-17)24(28)22-20(25)12-13-21(23(22)27)26-14-16-6-4-3-5-7-16/h8-13,15-16,26H,3-7,14H2,1-2H3. The number of anilines is 1. The third kappa shape index (κ3) is 3.86. The van der Waals surface area contributed by atoms with Crippen molar-refractivity contribution in [1.82, 2.24) is 4.57 Å². The fraction of sp³-hybridized carbons (Fsp3) is 0.375. The van der Waals surface area contributed by atoms with Gasteiger partial charge in [-0.3, -0.25) is 4.79 Å². The number of nitrogens with one attached hydrogen (secondary N) is 1. The van der Waals surface area contributed by atoms with E-state index in [1.165, 1.54) is 38.2 Å². The Bertz CT molecular complexity index is 1070. The first-order valence-electron chi connectivity index (χ1n) is 10.3. The van der Waals surface area contributed by atoms with Crippen molar-refractivity contribution in [3.05, 3.63) is 58.6 Å². The molecule has 1 N–H and O–H groups in total. The normalized spacial score (nSPS) is 14.9. The Morgan fingerprint density at radius 1 is 1.10 bits per heavy atom. The van der Waals surface area contributed by atoms with Gasteiger partial charge >= 0.3 is 0 Å². The van der Waals surface area contributed by atoms with Crippen LogP contribution in [0.1, 0.15) is 32.1 Å². The zero-order chi connectivity index (χ0) is 20.4. The largest absolute Gasteiger partial charge is 0.497 e. The van der Waals surface area contributed by atoms with E-state index >= 15 is 0 Å². The van der Waals surface area contributed by atoms with Crippen LogP contribution in [-0.2, 0) is 7.05 Å². The van der Waals surface area contributed by atoms with E-state index < -0.39 is 5.82 Å². The maximum atomic E-state index is 14.8. The van der Waals surface area contributed by atoms with E-state index in [9.17, 15) is 9.18 Å². The van der Waals surface area contributed by atoms with Gasteiger partial charge in [-0.15, -0.1) is 0 Å². The number of methoxy groups -OCH3 is 1. The highest BCUT2D eigenvalue weighted by Crippen LogP contribution is 2.29. The molecule has 0 atom stereocenters. The quantitative estimate of drug-likeness (QED) is 0.635. The molecule has 152 valence electrons. The molecule has 0 spiro atoms. The number of fused-ring (bicyclic) bond motifs is 1. The van der Waals surface area contributed by atoms with Gasteiger partial charge in [-0.1, -0.05) is 31.4 Å². The lowest BCUT2D eigenvalue weighted by Gasteiger charge is -2.23. The molecule has 0 amide bonds. The van der Waals surface area contributed by atoms with Crippen LogP contribution < -0.4 is 15.5 Å². The molecule has 1 aromatic heterocycles. The summed E-state index contributed by atoms with van der Waals surface area (Å²) in [5.41, 5.74) is 2.36. The van der Waals surface area contributed by atoms with Crippen LogP contribution in [0.15, 0.2) is 47.4 Å². The summed E-state index contributed by atoms with van der Waals surface area (Å²) in [5.74, 6) is 0.866. The molecule has 4 nitrogen and oxygen atoms in total. The first kappa shape index (κ1) is 19.5. The number of aromatic nitrogens is 1. The number of rotatable bonds is 5. The molecule has 0 radical (unpaired) electrons. The van der Waals surface area contributed by atoms with Crippen molar-refractivity contribution < 1.29 is 9.13 Å². The molecule has 1 aliphatic carbocycles. The van der Waals surface area contributed by atoms with E-state index in [4.69, 9.17) is 4.74 Å². The summed E-state index contributed by atoms with van der Waals surface area (Å²) in [6.45, 7) is 0.856. The van der Waals surface area contributed by atoms with Gasteiger partial charge in [-0.25, -0.2) is 4.39 Å². The molecule has 1 heterocycles. The molecule has 5 heteroatoms. The second-order valence-corrected chi connectivity index (χ2v) is 7.91. The van der Waals surface area contributed by atoms with E-state index in [1.54, 1.807) is 31.5 Å². The second-order valence-electron chi connectivity index (χ2n) is 7.91. The van der Waals surface area contributed by atoms with Crippen LogP contribution in [0, 0.1) is 11.7 Å². The molecule has 3 aromatic rings. The maximum Gasteiger partial charge on any atom is 0.200 e. The highest BCUT2D eigenvalue weighted by atomic mass is 19.1. The van der Waals surface area contributed by atoms with Gasteiger partial charge in [0.05, 0.1) is 23.7 Å². The molecule has 29 heavy (non-hydrogen) atoms. The summed E-state index contributed by atoms with van der Waals surface area (Å²) in [6, 6.07) is 10.4. The monoisotopic (exact) mass is 394 g/mol. The number of pyridine rings is 1. The molecule has 0 aliphatic heterocycles. The number of hydrogen-bond donors (Lipinski definition) is 1. The van der Waals surface area contributed by atoms with Gasteiger partial charge in [0, 0.05) is 25.4 Å².